The van der Waals surface area contributed by atoms with Gasteiger partial charge in [-0.1, -0.05) is 24.6 Å². The average molecular weight is 618 g/mol. The van der Waals surface area contributed by atoms with Gasteiger partial charge in [0.15, 0.2) is 5.82 Å². The van der Waals surface area contributed by atoms with Crippen molar-refractivity contribution in [3.8, 4) is 11.3 Å². The van der Waals surface area contributed by atoms with Crippen LogP contribution in [-0.4, -0.2) is 63.5 Å². The van der Waals surface area contributed by atoms with Gasteiger partial charge in [0.05, 0.1) is 23.0 Å². The van der Waals surface area contributed by atoms with Crippen molar-refractivity contribution < 1.29 is 9.59 Å². The Morgan fingerprint density at radius 3 is 2.48 bits per heavy atom. The highest BCUT2D eigenvalue weighted by Gasteiger charge is 2.50. The van der Waals surface area contributed by atoms with E-state index in [-0.39, 0.29) is 17.9 Å². The molecule has 3 fully saturated rings. The van der Waals surface area contributed by atoms with Crippen LogP contribution >= 0.6 is 0 Å². The maximum atomic E-state index is 13.9. The van der Waals surface area contributed by atoms with Crippen molar-refractivity contribution in [2.45, 2.75) is 89.3 Å². The topological polar surface area (TPSA) is 95.4 Å². The van der Waals surface area contributed by atoms with Gasteiger partial charge in [-0.3, -0.25) is 9.59 Å². The van der Waals surface area contributed by atoms with Crippen molar-refractivity contribution in [3.63, 3.8) is 0 Å². The summed E-state index contributed by atoms with van der Waals surface area (Å²) in [6.07, 6.45) is 10.2. The van der Waals surface area contributed by atoms with E-state index < -0.39 is 5.41 Å². The normalized spacial score (nSPS) is 22.5. The first-order chi connectivity index (χ1) is 22.2. The molecule has 8 rings (SSSR count). The van der Waals surface area contributed by atoms with Gasteiger partial charge in [-0.25, -0.2) is 9.97 Å². The average Bonchev–Trinajstić information content (AvgIpc) is 3.76. The number of hydrogen-bond donors (Lipinski definition) is 2. The molecule has 2 saturated carbocycles. The number of anilines is 3. The number of carbonyl (C=O) groups excluding carboxylic acids is 2. The molecule has 0 bridgehead atoms. The summed E-state index contributed by atoms with van der Waals surface area (Å²) < 4.78 is 2.23. The molecule has 0 unspecified atom stereocenters. The smallest absolute Gasteiger partial charge is 0.251 e. The predicted molar refractivity (Wildman–Crippen MR) is 182 cm³/mol. The van der Waals surface area contributed by atoms with Crippen molar-refractivity contribution in [2.24, 2.45) is 0 Å². The number of aromatic nitrogens is 3. The zero-order chi connectivity index (χ0) is 31.7. The molecule has 0 atom stereocenters. The minimum atomic E-state index is -0.564. The second-order valence-electron chi connectivity index (χ2n) is 14.2. The summed E-state index contributed by atoms with van der Waals surface area (Å²) in [6, 6.07) is 15.5. The van der Waals surface area contributed by atoms with Crippen LogP contribution in [0.3, 0.4) is 0 Å². The first-order valence-corrected chi connectivity index (χ1v) is 16.9. The van der Waals surface area contributed by atoms with Gasteiger partial charge in [0.1, 0.15) is 5.52 Å². The van der Waals surface area contributed by atoms with Crippen molar-refractivity contribution in [3.05, 3.63) is 65.5 Å². The van der Waals surface area contributed by atoms with Gasteiger partial charge in [0.2, 0.25) is 5.91 Å². The Morgan fingerprint density at radius 2 is 1.74 bits per heavy atom. The molecule has 2 aliphatic carbocycles. The number of rotatable bonds is 7. The molecular weight excluding hydrogens is 574 g/mol. The Morgan fingerprint density at radius 1 is 0.957 bits per heavy atom. The molecule has 0 spiro atoms. The molecule has 2 aliphatic heterocycles. The molecule has 2 aromatic carbocycles. The molecule has 4 heterocycles. The Labute approximate surface area is 270 Å². The number of likely N-dealkylation sites (tertiary alicyclic amines) is 1. The lowest BCUT2D eigenvalue weighted by Crippen LogP contribution is -2.57. The molecular formula is C37H43N7O2. The zero-order valence-corrected chi connectivity index (χ0v) is 27.3. The number of hydrogen-bond acceptors (Lipinski definition) is 6. The molecule has 0 radical (unpaired) electrons. The van der Waals surface area contributed by atoms with Crippen molar-refractivity contribution in [1.82, 2.24) is 24.8 Å². The van der Waals surface area contributed by atoms with E-state index in [1.54, 1.807) is 7.05 Å². The molecule has 2 N–H and O–H groups in total. The van der Waals surface area contributed by atoms with E-state index in [1.807, 2.05) is 31.5 Å². The maximum absolute atomic E-state index is 13.9. The predicted octanol–water partition coefficient (Wildman–Crippen LogP) is 6.49. The number of nitrogens with zero attached hydrogens (tertiary/aromatic N) is 5. The van der Waals surface area contributed by atoms with Crippen molar-refractivity contribution in [2.75, 3.05) is 30.4 Å². The Bertz CT molecular complexity index is 1860. The van der Waals surface area contributed by atoms with E-state index in [9.17, 15) is 9.59 Å². The lowest BCUT2D eigenvalue weighted by atomic mass is 9.82. The lowest BCUT2D eigenvalue weighted by molar-refractivity contribution is -0.123. The SMILES string of the molecule is CNC(=O)c1cc(Nc2nc(-c3ccc4c(c3)N(C3CC(N5CCCCC5)C3)C(=O)C4(C)C)cc3ncn(C4CC4)c23)ccc1C. The monoisotopic (exact) mass is 617 g/mol. The van der Waals surface area contributed by atoms with Crippen LogP contribution in [0.1, 0.15) is 86.3 Å². The molecule has 1 saturated heterocycles. The second kappa shape index (κ2) is 10.9. The van der Waals surface area contributed by atoms with E-state index in [4.69, 9.17) is 9.97 Å². The first-order valence-electron chi connectivity index (χ1n) is 16.9. The number of fused-ring (bicyclic) bond motifs is 2. The molecule has 46 heavy (non-hydrogen) atoms. The maximum Gasteiger partial charge on any atom is 0.251 e. The Kier molecular flexibility index (Phi) is 6.94. The Hall–Kier alpha value is -4.24. The van der Waals surface area contributed by atoms with Crippen LogP contribution in [0.15, 0.2) is 48.8 Å². The summed E-state index contributed by atoms with van der Waals surface area (Å²) in [6.45, 7) is 8.43. The molecule has 2 aromatic heterocycles. The molecule has 2 amide bonds. The van der Waals surface area contributed by atoms with E-state index in [0.29, 0.717) is 23.5 Å². The summed E-state index contributed by atoms with van der Waals surface area (Å²) in [7, 11) is 1.65. The summed E-state index contributed by atoms with van der Waals surface area (Å²) in [4.78, 5) is 41.2. The number of amides is 2. The number of carbonyl (C=O) groups is 2. The molecule has 9 nitrogen and oxygen atoms in total. The van der Waals surface area contributed by atoms with Gasteiger partial charge in [0, 0.05) is 47.7 Å². The van der Waals surface area contributed by atoms with E-state index >= 15 is 0 Å². The van der Waals surface area contributed by atoms with Crippen LogP contribution in [0, 0.1) is 6.92 Å². The van der Waals surface area contributed by atoms with Gasteiger partial charge >= 0.3 is 0 Å². The minimum absolute atomic E-state index is 0.120. The van der Waals surface area contributed by atoms with Crippen LogP contribution in [0.5, 0.6) is 0 Å². The summed E-state index contributed by atoms with van der Waals surface area (Å²) >= 11 is 0. The number of aryl methyl sites for hydroxylation is 1. The summed E-state index contributed by atoms with van der Waals surface area (Å²) in [5, 5.41) is 6.29. The highest BCUT2D eigenvalue weighted by Crippen LogP contribution is 2.48. The number of nitrogens with one attached hydrogen (secondary N) is 2. The lowest BCUT2D eigenvalue weighted by Gasteiger charge is -2.48. The Balaban J connectivity index is 1.16. The van der Waals surface area contributed by atoms with E-state index in [0.717, 1.165) is 70.5 Å². The second-order valence-corrected chi connectivity index (χ2v) is 14.2. The highest BCUT2D eigenvalue weighted by atomic mass is 16.2. The fourth-order valence-electron chi connectivity index (χ4n) is 7.80. The summed E-state index contributed by atoms with van der Waals surface area (Å²) in [5.74, 6) is 0.785. The van der Waals surface area contributed by atoms with Gasteiger partial charge in [0.25, 0.3) is 5.91 Å². The van der Waals surface area contributed by atoms with Gasteiger partial charge in [-0.15, -0.1) is 0 Å². The largest absolute Gasteiger partial charge is 0.355 e. The number of benzene rings is 2. The first kappa shape index (κ1) is 29.2. The standard InChI is InChI=1S/C37H43N7O2/c1-22-8-10-24(17-28(22)35(45)38-4)40-34-33-31(39-21-43(33)25-11-12-25)20-30(41-34)23-9-13-29-32(16-23)44(36(46)37(29,2)3)27-18-26(19-27)42-14-6-5-7-15-42/h8-10,13,16-17,20-21,25-27H,5-7,11-12,14-15,18-19H2,1-4H3,(H,38,45)(H,40,41). The van der Waals surface area contributed by atoms with Crippen LogP contribution in [0.25, 0.3) is 22.3 Å². The number of imidazole rings is 1. The number of piperidine rings is 1. The third-order valence-electron chi connectivity index (χ3n) is 10.8. The molecule has 4 aromatic rings. The third kappa shape index (κ3) is 4.78. The van der Waals surface area contributed by atoms with Crippen LogP contribution in [0.4, 0.5) is 17.2 Å². The van der Waals surface area contributed by atoms with Gasteiger partial charge in [-0.05, 0) is 108 Å². The summed E-state index contributed by atoms with van der Waals surface area (Å²) in [5.41, 5.74) is 7.46. The molecule has 9 heteroatoms. The minimum Gasteiger partial charge on any atom is -0.355 e. The zero-order valence-electron chi connectivity index (χ0n) is 27.3. The van der Waals surface area contributed by atoms with Crippen LogP contribution in [0.2, 0.25) is 0 Å². The molecule has 238 valence electrons. The number of pyridine rings is 1. The third-order valence-corrected chi connectivity index (χ3v) is 10.8. The fraction of sp³-hybridized carbons (Fsp3) is 0.459. The van der Waals surface area contributed by atoms with Crippen LogP contribution in [-0.2, 0) is 10.2 Å². The molecule has 4 aliphatic rings. The van der Waals surface area contributed by atoms with Gasteiger partial charge in [-0.2, -0.15) is 0 Å². The van der Waals surface area contributed by atoms with E-state index in [2.05, 4.69) is 63.1 Å². The van der Waals surface area contributed by atoms with Crippen LogP contribution < -0.4 is 15.5 Å². The van der Waals surface area contributed by atoms with E-state index in [1.165, 1.54) is 32.4 Å². The highest BCUT2D eigenvalue weighted by molar-refractivity contribution is 6.09. The van der Waals surface area contributed by atoms with Crippen molar-refractivity contribution >= 4 is 40.0 Å². The van der Waals surface area contributed by atoms with Gasteiger partial charge < -0.3 is 25.0 Å². The van der Waals surface area contributed by atoms with Crippen molar-refractivity contribution in [1.29, 1.82) is 0 Å². The quantitative estimate of drug-likeness (QED) is 0.246. The fourth-order valence-corrected chi connectivity index (χ4v) is 7.80.